The molecule has 0 bridgehead atoms. The van der Waals surface area contributed by atoms with Gasteiger partial charge in [0.15, 0.2) is 5.69 Å². The van der Waals surface area contributed by atoms with Gasteiger partial charge >= 0.3 is 6.18 Å². The maximum Gasteiger partial charge on any atom is 0.435 e. The monoisotopic (exact) mass is 457 g/mol. The van der Waals surface area contributed by atoms with Crippen LogP contribution in [0, 0.1) is 6.92 Å². The zero-order chi connectivity index (χ0) is 23.1. The summed E-state index contributed by atoms with van der Waals surface area (Å²) in [6, 6.07) is 20.4. The van der Waals surface area contributed by atoms with Gasteiger partial charge in [0.05, 0.1) is 16.3 Å². The van der Waals surface area contributed by atoms with E-state index in [9.17, 15) is 21.6 Å². The molecule has 32 heavy (non-hydrogen) atoms. The number of aromatic nitrogens is 2. The van der Waals surface area contributed by atoms with Gasteiger partial charge in [-0.2, -0.15) is 18.3 Å². The first-order chi connectivity index (χ1) is 15.1. The lowest BCUT2D eigenvalue weighted by Crippen LogP contribution is -2.11. The van der Waals surface area contributed by atoms with Crippen molar-refractivity contribution in [1.29, 1.82) is 0 Å². The largest absolute Gasteiger partial charge is 0.435 e. The van der Waals surface area contributed by atoms with Crippen LogP contribution in [0.3, 0.4) is 0 Å². The third-order valence-electron chi connectivity index (χ3n) is 4.95. The predicted molar refractivity (Wildman–Crippen MR) is 116 cm³/mol. The van der Waals surface area contributed by atoms with Gasteiger partial charge in [-0.1, -0.05) is 60.2 Å². The van der Waals surface area contributed by atoms with Crippen molar-refractivity contribution in [1.82, 2.24) is 9.78 Å². The Bertz CT molecular complexity index is 1360. The van der Waals surface area contributed by atoms with Gasteiger partial charge in [0.25, 0.3) is 0 Å². The molecule has 0 fully saturated rings. The predicted octanol–water partition coefficient (Wildman–Crippen LogP) is 5.18. The molecule has 0 unspecified atom stereocenters. The Morgan fingerprint density at radius 1 is 0.844 bits per heavy atom. The number of halogens is 3. The smallest absolute Gasteiger partial charge is 0.232 e. The SMILES string of the molecule is Cc1ccc(-n2nc(C(F)(F)F)c(-c3ccccc3)c2-c2ccc(S(N)(=O)=O)cc2)cc1. The topological polar surface area (TPSA) is 78.0 Å². The van der Waals surface area contributed by atoms with E-state index in [1.807, 2.05) is 6.92 Å². The van der Waals surface area contributed by atoms with Gasteiger partial charge in [0, 0.05) is 11.1 Å². The van der Waals surface area contributed by atoms with Crippen molar-refractivity contribution in [3.05, 3.63) is 90.1 Å². The molecule has 0 atom stereocenters. The zero-order valence-corrected chi connectivity index (χ0v) is 17.7. The van der Waals surface area contributed by atoms with Gasteiger partial charge in [0.1, 0.15) is 0 Å². The van der Waals surface area contributed by atoms with Crippen LogP contribution in [0.15, 0.2) is 83.8 Å². The maximum atomic E-state index is 14.1. The Kier molecular flexibility index (Phi) is 5.39. The second-order valence-electron chi connectivity index (χ2n) is 7.25. The molecule has 3 aromatic carbocycles. The van der Waals surface area contributed by atoms with Crippen LogP contribution in [0.1, 0.15) is 11.3 Å². The molecule has 0 saturated carbocycles. The molecule has 0 aliphatic carbocycles. The quantitative estimate of drug-likeness (QED) is 0.459. The van der Waals surface area contributed by atoms with Crippen molar-refractivity contribution in [3.8, 4) is 28.1 Å². The summed E-state index contributed by atoms with van der Waals surface area (Å²) < 4.78 is 66.7. The number of primary sulfonamides is 1. The summed E-state index contributed by atoms with van der Waals surface area (Å²) in [5, 5.41) is 9.12. The van der Waals surface area contributed by atoms with E-state index < -0.39 is 21.9 Å². The number of sulfonamides is 1. The van der Waals surface area contributed by atoms with Crippen LogP contribution in [0.2, 0.25) is 0 Å². The van der Waals surface area contributed by atoms with Crippen molar-refractivity contribution >= 4 is 10.0 Å². The van der Waals surface area contributed by atoms with Gasteiger partial charge in [0.2, 0.25) is 10.0 Å². The summed E-state index contributed by atoms with van der Waals surface area (Å²) >= 11 is 0. The number of hydrogen-bond donors (Lipinski definition) is 1. The summed E-state index contributed by atoms with van der Waals surface area (Å²) in [7, 11) is -3.95. The number of nitrogens with zero attached hydrogens (tertiary/aromatic N) is 2. The molecule has 9 heteroatoms. The van der Waals surface area contributed by atoms with E-state index in [1.165, 1.54) is 28.9 Å². The van der Waals surface area contributed by atoms with Gasteiger partial charge in [-0.3, -0.25) is 0 Å². The van der Waals surface area contributed by atoms with Crippen LogP contribution in [0.25, 0.3) is 28.1 Å². The Morgan fingerprint density at radius 2 is 1.44 bits per heavy atom. The Morgan fingerprint density at radius 3 is 1.97 bits per heavy atom. The number of alkyl halides is 3. The van der Waals surface area contributed by atoms with E-state index in [0.717, 1.165) is 5.56 Å². The summed E-state index contributed by atoms with van der Waals surface area (Å²) in [4.78, 5) is -0.139. The highest BCUT2D eigenvalue weighted by Gasteiger charge is 2.40. The average molecular weight is 457 g/mol. The highest BCUT2D eigenvalue weighted by atomic mass is 32.2. The molecule has 0 amide bonds. The third kappa shape index (κ3) is 4.17. The molecule has 2 N–H and O–H groups in total. The maximum absolute atomic E-state index is 14.1. The Hall–Kier alpha value is -3.43. The minimum atomic E-state index is -4.71. The first-order valence-electron chi connectivity index (χ1n) is 9.51. The van der Waals surface area contributed by atoms with Gasteiger partial charge in [-0.05, 0) is 36.8 Å². The molecule has 1 aromatic heterocycles. The zero-order valence-electron chi connectivity index (χ0n) is 16.8. The van der Waals surface area contributed by atoms with Crippen LogP contribution in [-0.2, 0) is 16.2 Å². The lowest BCUT2D eigenvalue weighted by molar-refractivity contribution is -0.140. The molecule has 5 nitrogen and oxygen atoms in total. The van der Waals surface area contributed by atoms with Crippen LogP contribution in [-0.4, -0.2) is 18.2 Å². The number of aryl methyl sites for hydroxylation is 1. The summed E-state index contributed by atoms with van der Waals surface area (Å²) in [5.41, 5.74) is 1.14. The molecular formula is C23H18F3N3O2S. The van der Waals surface area contributed by atoms with Crippen LogP contribution >= 0.6 is 0 Å². The molecule has 0 saturated heterocycles. The first kappa shape index (κ1) is 21.8. The molecule has 0 radical (unpaired) electrons. The van der Waals surface area contributed by atoms with Gasteiger partial charge < -0.3 is 0 Å². The fourth-order valence-corrected chi connectivity index (χ4v) is 3.95. The lowest BCUT2D eigenvalue weighted by atomic mass is 9.98. The van der Waals surface area contributed by atoms with Crippen molar-refractivity contribution < 1.29 is 21.6 Å². The highest BCUT2D eigenvalue weighted by molar-refractivity contribution is 7.89. The molecular weight excluding hydrogens is 439 g/mol. The number of benzene rings is 3. The van der Waals surface area contributed by atoms with E-state index in [0.29, 0.717) is 16.8 Å². The highest BCUT2D eigenvalue weighted by Crippen LogP contribution is 2.43. The number of nitrogens with two attached hydrogens (primary N) is 1. The fraction of sp³-hybridized carbons (Fsp3) is 0.0870. The molecule has 0 aliphatic rings. The van der Waals surface area contributed by atoms with E-state index >= 15 is 0 Å². The Labute approximate surface area is 183 Å². The van der Waals surface area contributed by atoms with E-state index in [1.54, 1.807) is 54.6 Å². The average Bonchev–Trinajstić information content (AvgIpc) is 3.15. The summed E-state index contributed by atoms with van der Waals surface area (Å²) in [5.74, 6) is 0. The van der Waals surface area contributed by atoms with Gasteiger partial charge in [-0.25, -0.2) is 18.2 Å². The second-order valence-corrected chi connectivity index (χ2v) is 8.81. The lowest BCUT2D eigenvalue weighted by Gasteiger charge is -2.12. The van der Waals surface area contributed by atoms with Crippen LogP contribution < -0.4 is 5.14 Å². The first-order valence-corrected chi connectivity index (χ1v) is 11.1. The molecule has 0 spiro atoms. The van der Waals surface area contributed by atoms with E-state index in [2.05, 4.69) is 5.10 Å². The van der Waals surface area contributed by atoms with E-state index in [4.69, 9.17) is 5.14 Å². The molecule has 1 heterocycles. The molecule has 164 valence electrons. The van der Waals surface area contributed by atoms with Crippen LogP contribution in [0.4, 0.5) is 13.2 Å². The fourth-order valence-electron chi connectivity index (χ4n) is 3.44. The molecule has 4 aromatic rings. The normalized spacial score (nSPS) is 12.2. The Balaban J connectivity index is 2.07. The minimum Gasteiger partial charge on any atom is -0.232 e. The molecule has 0 aliphatic heterocycles. The second kappa shape index (κ2) is 7.92. The van der Waals surface area contributed by atoms with Crippen molar-refractivity contribution in [3.63, 3.8) is 0 Å². The third-order valence-corrected chi connectivity index (χ3v) is 5.88. The van der Waals surface area contributed by atoms with Crippen molar-refractivity contribution in [2.75, 3.05) is 0 Å². The standard InChI is InChI=1S/C23H18F3N3O2S/c1-15-7-11-18(12-8-15)29-21(17-9-13-19(14-10-17)32(27,30)31)20(16-5-3-2-4-6-16)22(28-29)23(24,25)26/h2-14H,1H3,(H2,27,30,31). The molecule has 4 rings (SSSR count). The van der Waals surface area contributed by atoms with Crippen LogP contribution in [0.5, 0.6) is 0 Å². The van der Waals surface area contributed by atoms with Crippen molar-refractivity contribution in [2.45, 2.75) is 18.0 Å². The summed E-state index contributed by atoms with van der Waals surface area (Å²) in [6.07, 6.45) is -4.71. The number of rotatable bonds is 4. The van der Waals surface area contributed by atoms with E-state index in [-0.39, 0.29) is 16.2 Å². The van der Waals surface area contributed by atoms with Crippen molar-refractivity contribution in [2.24, 2.45) is 5.14 Å². The number of hydrogen-bond acceptors (Lipinski definition) is 3. The van der Waals surface area contributed by atoms with Gasteiger partial charge in [-0.15, -0.1) is 0 Å². The minimum absolute atomic E-state index is 0.0953. The summed E-state index contributed by atoms with van der Waals surface area (Å²) in [6.45, 7) is 1.87.